The minimum atomic E-state index is -0.746. The number of ether oxygens (including phenoxy) is 1. The van der Waals surface area contributed by atoms with Crippen molar-refractivity contribution >= 4 is 39.1 Å². The number of aliphatic hydroxyl groups is 1. The van der Waals surface area contributed by atoms with Crippen molar-refractivity contribution in [2.45, 2.75) is 13.0 Å². The monoisotopic (exact) mass is 378 g/mol. The molecule has 0 saturated heterocycles. The van der Waals surface area contributed by atoms with E-state index in [2.05, 4.69) is 15.9 Å². The SMILES string of the molecule is CC(O)c1ccc(Oc2cc(Cl)c(Br)cc2Cl)c(F)c1. The van der Waals surface area contributed by atoms with E-state index in [9.17, 15) is 9.50 Å². The summed E-state index contributed by atoms with van der Waals surface area (Å²) in [5, 5.41) is 10.1. The fourth-order valence-electron chi connectivity index (χ4n) is 1.56. The summed E-state index contributed by atoms with van der Waals surface area (Å²) < 4.78 is 19.9. The predicted octanol–water partition coefficient (Wildman–Crippen LogP) is 5.74. The van der Waals surface area contributed by atoms with Crippen LogP contribution in [-0.2, 0) is 0 Å². The van der Waals surface area contributed by atoms with Gasteiger partial charge in [0.15, 0.2) is 11.6 Å². The summed E-state index contributed by atoms with van der Waals surface area (Å²) >= 11 is 15.2. The van der Waals surface area contributed by atoms with Crippen molar-refractivity contribution in [1.82, 2.24) is 0 Å². The van der Waals surface area contributed by atoms with Crippen LogP contribution in [0.25, 0.3) is 0 Å². The fourth-order valence-corrected chi connectivity index (χ4v) is 2.39. The predicted molar refractivity (Wildman–Crippen MR) is 81.3 cm³/mol. The Morgan fingerprint density at radius 1 is 1.15 bits per heavy atom. The lowest BCUT2D eigenvalue weighted by Gasteiger charge is -2.11. The molecule has 1 N–H and O–H groups in total. The summed E-state index contributed by atoms with van der Waals surface area (Å²) in [6.45, 7) is 1.56. The molecule has 2 rings (SSSR count). The number of halogens is 4. The zero-order valence-corrected chi connectivity index (χ0v) is 13.4. The molecule has 0 amide bonds. The molecule has 0 aliphatic carbocycles. The highest BCUT2D eigenvalue weighted by molar-refractivity contribution is 9.10. The Bertz CT molecular complexity index is 647. The molecule has 1 atom stereocenters. The van der Waals surface area contributed by atoms with Crippen LogP contribution >= 0.6 is 39.1 Å². The zero-order chi connectivity index (χ0) is 14.9. The van der Waals surface area contributed by atoms with E-state index in [0.717, 1.165) is 0 Å². The first kappa shape index (κ1) is 15.6. The van der Waals surface area contributed by atoms with Crippen LogP contribution in [0.2, 0.25) is 10.0 Å². The molecule has 2 nitrogen and oxygen atoms in total. The lowest BCUT2D eigenvalue weighted by Crippen LogP contribution is -1.95. The quantitative estimate of drug-likeness (QED) is 0.689. The maximum absolute atomic E-state index is 13.9. The van der Waals surface area contributed by atoms with Crippen molar-refractivity contribution in [2.75, 3.05) is 0 Å². The third kappa shape index (κ3) is 3.44. The second-order valence-electron chi connectivity index (χ2n) is 4.16. The van der Waals surface area contributed by atoms with Gasteiger partial charge >= 0.3 is 0 Å². The Morgan fingerprint density at radius 2 is 1.85 bits per heavy atom. The molecule has 0 fully saturated rings. The largest absolute Gasteiger partial charge is 0.453 e. The number of hydrogen-bond donors (Lipinski definition) is 1. The summed E-state index contributed by atoms with van der Waals surface area (Å²) in [5.74, 6) is -0.322. The van der Waals surface area contributed by atoms with Crippen molar-refractivity contribution in [3.63, 3.8) is 0 Å². The van der Waals surface area contributed by atoms with Crippen molar-refractivity contribution in [3.8, 4) is 11.5 Å². The number of hydrogen-bond acceptors (Lipinski definition) is 2. The van der Waals surface area contributed by atoms with E-state index in [-0.39, 0.29) is 11.5 Å². The molecular formula is C14H10BrCl2FO2. The Labute approximate surface area is 134 Å². The molecule has 1 unspecified atom stereocenters. The number of benzene rings is 2. The van der Waals surface area contributed by atoms with E-state index < -0.39 is 11.9 Å². The third-order valence-electron chi connectivity index (χ3n) is 2.63. The van der Waals surface area contributed by atoms with Gasteiger partial charge in [-0.1, -0.05) is 29.3 Å². The first-order chi connectivity index (χ1) is 9.38. The van der Waals surface area contributed by atoms with E-state index in [1.807, 2.05) is 0 Å². The highest BCUT2D eigenvalue weighted by atomic mass is 79.9. The van der Waals surface area contributed by atoms with Gasteiger partial charge in [-0.3, -0.25) is 0 Å². The van der Waals surface area contributed by atoms with Crippen molar-refractivity contribution in [1.29, 1.82) is 0 Å². The number of rotatable bonds is 3. The standard InChI is InChI=1S/C14H10BrCl2FO2/c1-7(19)8-2-3-13(12(18)4-8)20-14-6-10(16)9(15)5-11(14)17/h2-7,19H,1H3. The van der Waals surface area contributed by atoms with Gasteiger partial charge in [-0.25, -0.2) is 4.39 Å². The van der Waals surface area contributed by atoms with Gasteiger partial charge in [-0.05, 0) is 46.6 Å². The molecule has 106 valence electrons. The van der Waals surface area contributed by atoms with Gasteiger partial charge in [-0.2, -0.15) is 0 Å². The first-order valence-corrected chi connectivity index (χ1v) is 7.23. The van der Waals surface area contributed by atoms with Gasteiger partial charge in [0.1, 0.15) is 5.75 Å². The van der Waals surface area contributed by atoms with E-state index in [1.165, 1.54) is 18.2 Å². The minimum Gasteiger partial charge on any atom is -0.453 e. The van der Waals surface area contributed by atoms with Gasteiger partial charge in [0, 0.05) is 10.5 Å². The minimum absolute atomic E-state index is 0.00897. The average Bonchev–Trinajstić information content (AvgIpc) is 2.37. The second-order valence-corrected chi connectivity index (χ2v) is 5.83. The lowest BCUT2D eigenvalue weighted by atomic mass is 10.1. The number of aliphatic hydroxyl groups excluding tert-OH is 1. The highest BCUT2D eigenvalue weighted by Gasteiger charge is 2.12. The molecule has 0 aliphatic rings. The molecule has 0 aromatic heterocycles. The smallest absolute Gasteiger partial charge is 0.166 e. The Morgan fingerprint density at radius 3 is 2.45 bits per heavy atom. The molecule has 0 radical (unpaired) electrons. The van der Waals surface area contributed by atoms with Gasteiger partial charge in [-0.15, -0.1) is 0 Å². The first-order valence-electron chi connectivity index (χ1n) is 5.68. The van der Waals surface area contributed by atoms with Gasteiger partial charge in [0.2, 0.25) is 0 Å². The molecule has 0 aliphatic heterocycles. The second kappa shape index (κ2) is 6.31. The van der Waals surface area contributed by atoms with Crippen LogP contribution in [-0.4, -0.2) is 5.11 Å². The zero-order valence-electron chi connectivity index (χ0n) is 10.3. The summed E-state index contributed by atoms with van der Waals surface area (Å²) in [6.07, 6.45) is -0.746. The Hall–Kier alpha value is -0.810. The molecular weight excluding hydrogens is 370 g/mol. The summed E-state index contributed by atoms with van der Waals surface area (Å²) in [7, 11) is 0. The van der Waals surface area contributed by atoms with Gasteiger partial charge in [0.05, 0.1) is 16.1 Å². The van der Waals surface area contributed by atoms with Gasteiger partial charge < -0.3 is 9.84 Å². The molecule has 6 heteroatoms. The van der Waals surface area contributed by atoms with E-state index in [1.54, 1.807) is 19.1 Å². The third-order valence-corrected chi connectivity index (χ3v) is 4.13. The lowest BCUT2D eigenvalue weighted by molar-refractivity contribution is 0.198. The summed E-state index contributed by atoms with van der Waals surface area (Å²) in [6, 6.07) is 7.30. The topological polar surface area (TPSA) is 29.5 Å². The van der Waals surface area contributed by atoms with Crippen LogP contribution in [0.15, 0.2) is 34.8 Å². The van der Waals surface area contributed by atoms with Crippen LogP contribution in [0.4, 0.5) is 4.39 Å². The fraction of sp³-hybridized carbons (Fsp3) is 0.143. The summed E-state index contributed by atoms with van der Waals surface area (Å²) in [4.78, 5) is 0. The maximum Gasteiger partial charge on any atom is 0.166 e. The highest BCUT2D eigenvalue weighted by Crippen LogP contribution is 2.37. The van der Waals surface area contributed by atoms with E-state index >= 15 is 0 Å². The summed E-state index contributed by atoms with van der Waals surface area (Å²) in [5.41, 5.74) is 0.467. The normalized spacial score (nSPS) is 12.3. The molecule has 2 aromatic rings. The van der Waals surface area contributed by atoms with Crippen LogP contribution in [0.3, 0.4) is 0 Å². The van der Waals surface area contributed by atoms with Crippen molar-refractivity contribution in [2.24, 2.45) is 0 Å². The van der Waals surface area contributed by atoms with E-state index in [4.69, 9.17) is 27.9 Å². The Kier molecular flexibility index (Phi) is 4.91. The van der Waals surface area contributed by atoms with Crippen molar-refractivity contribution in [3.05, 3.63) is 56.2 Å². The maximum atomic E-state index is 13.9. The molecule has 20 heavy (non-hydrogen) atoms. The van der Waals surface area contributed by atoms with Crippen LogP contribution in [0.1, 0.15) is 18.6 Å². The van der Waals surface area contributed by atoms with Crippen LogP contribution < -0.4 is 4.74 Å². The molecule has 0 spiro atoms. The van der Waals surface area contributed by atoms with E-state index in [0.29, 0.717) is 20.1 Å². The Balaban J connectivity index is 2.33. The average molecular weight is 380 g/mol. The molecule has 0 heterocycles. The van der Waals surface area contributed by atoms with Crippen LogP contribution in [0, 0.1) is 5.82 Å². The molecule has 2 aromatic carbocycles. The van der Waals surface area contributed by atoms with Crippen LogP contribution in [0.5, 0.6) is 11.5 Å². The molecule has 0 bridgehead atoms. The molecule has 0 saturated carbocycles. The van der Waals surface area contributed by atoms with Crippen molar-refractivity contribution < 1.29 is 14.2 Å². The van der Waals surface area contributed by atoms with Gasteiger partial charge in [0.25, 0.3) is 0 Å².